The highest BCUT2D eigenvalue weighted by Crippen LogP contribution is 2.17. The van der Waals surface area contributed by atoms with Crippen molar-refractivity contribution in [3.8, 4) is 0 Å². The van der Waals surface area contributed by atoms with Crippen molar-refractivity contribution in [3.63, 3.8) is 0 Å². The maximum Gasteiger partial charge on any atom is 0.315 e. The van der Waals surface area contributed by atoms with E-state index < -0.39 is 18.0 Å². The topological polar surface area (TPSA) is 98.7 Å². The molecular formula is C13H24N2O4. The van der Waals surface area contributed by atoms with Gasteiger partial charge in [0, 0.05) is 12.6 Å². The monoisotopic (exact) mass is 272 g/mol. The first-order valence-electron chi connectivity index (χ1n) is 6.87. The van der Waals surface area contributed by atoms with Crippen molar-refractivity contribution in [2.45, 2.75) is 63.5 Å². The van der Waals surface area contributed by atoms with Crippen LogP contribution < -0.4 is 10.6 Å². The Morgan fingerprint density at radius 3 is 2.32 bits per heavy atom. The van der Waals surface area contributed by atoms with E-state index >= 15 is 0 Å². The third kappa shape index (κ3) is 7.00. The molecular weight excluding hydrogens is 248 g/mol. The van der Waals surface area contributed by atoms with Gasteiger partial charge >= 0.3 is 12.0 Å². The fourth-order valence-corrected chi connectivity index (χ4v) is 2.32. The van der Waals surface area contributed by atoms with Crippen molar-refractivity contribution >= 4 is 12.0 Å². The summed E-state index contributed by atoms with van der Waals surface area (Å²) >= 11 is 0. The zero-order chi connectivity index (χ0) is 14.3. The lowest BCUT2D eigenvalue weighted by Crippen LogP contribution is -2.48. The summed E-state index contributed by atoms with van der Waals surface area (Å²) in [7, 11) is 0. The second-order valence-corrected chi connectivity index (χ2v) is 5.58. The quantitative estimate of drug-likeness (QED) is 0.566. The van der Waals surface area contributed by atoms with Gasteiger partial charge in [0.15, 0.2) is 0 Å². The standard InChI is InChI=1S/C13H24N2O4/c1-13(19,8-11(16)17)9-14-12(18)15-10-6-4-2-3-5-7-10/h10,19H,2-9H2,1H3,(H,16,17)(H2,14,15,18). The van der Waals surface area contributed by atoms with E-state index in [-0.39, 0.29) is 18.6 Å². The molecule has 1 atom stereocenters. The highest BCUT2D eigenvalue weighted by atomic mass is 16.4. The zero-order valence-corrected chi connectivity index (χ0v) is 11.4. The molecule has 0 saturated heterocycles. The summed E-state index contributed by atoms with van der Waals surface area (Å²) in [5.74, 6) is -1.09. The molecule has 0 bridgehead atoms. The minimum Gasteiger partial charge on any atom is -0.481 e. The van der Waals surface area contributed by atoms with Gasteiger partial charge in [-0.25, -0.2) is 4.79 Å². The second kappa shape index (κ2) is 7.33. The van der Waals surface area contributed by atoms with Crippen LogP contribution in [0, 0.1) is 0 Å². The molecule has 1 rings (SSSR count). The maximum atomic E-state index is 11.7. The van der Waals surface area contributed by atoms with Gasteiger partial charge in [-0.15, -0.1) is 0 Å². The number of carbonyl (C=O) groups excluding carboxylic acids is 1. The van der Waals surface area contributed by atoms with E-state index in [1.54, 1.807) is 0 Å². The van der Waals surface area contributed by atoms with Crippen molar-refractivity contribution in [1.29, 1.82) is 0 Å². The SMILES string of the molecule is CC(O)(CNC(=O)NC1CCCCCC1)CC(=O)O. The summed E-state index contributed by atoms with van der Waals surface area (Å²) in [6.45, 7) is 1.32. The molecule has 1 saturated carbocycles. The molecule has 19 heavy (non-hydrogen) atoms. The number of carboxylic acids is 1. The van der Waals surface area contributed by atoms with Crippen LogP contribution in [0.3, 0.4) is 0 Å². The summed E-state index contributed by atoms with van der Waals surface area (Å²) < 4.78 is 0. The van der Waals surface area contributed by atoms with Gasteiger partial charge < -0.3 is 20.8 Å². The fourth-order valence-electron chi connectivity index (χ4n) is 2.32. The molecule has 6 heteroatoms. The molecule has 2 amide bonds. The van der Waals surface area contributed by atoms with Crippen molar-refractivity contribution < 1.29 is 19.8 Å². The smallest absolute Gasteiger partial charge is 0.315 e. The molecule has 0 aliphatic heterocycles. The van der Waals surface area contributed by atoms with E-state index in [0.717, 1.165) is 25.7 Å². The van der Waals surface area contributed by atoms with Crippen LogP contribution in [0.5, 0.6) is 0 Å². The minimum absolute atomic E-state index is 0.0716. The Balaban J connectivity index is 2.28. The van der Waals surface area contributed by atoms with Crippen LogP contribution in [0.1, 0.15) is 51.9 Å². The number of carboxylic acid groups (broad SMARTS) is 1. The van der Waals surface area contributed by atoms with Gasteiger partial charge in [-0.3, -0.25) is 4.79 Å². The molecule has 4 N–H and O–H groups in total. The maximum absolute atomic E-state index is 11.7. The summed E-state index contributed by atoms with van der Waals surface area (Å²) in [5.41, 5.74) is -1.42. The first-order chi connectivity index (χ1) is 8.89. The molecule has 0 heterocycles. The third-order valence-corrected chi connectivity index (χ3v) is 3.35. The van der Waals surface area contributed by atoms with Crippen LogP contribution in [-0.2, 0) is 4.79 Å². The Morgan fingerprint density at radius 1 is 1.21 bits per heavy atom. The molecule has 0 aromatic rings. The van der Waals surface area contributed by atoms with Crippen LogP contribution in [0.15, 0.2) is 0 Å². The van der Waals surface area contributed by atoms with Gasteiger partial charge in [0.05, 0.1) is 12.0 Å². The molecule has 1 aliphatic rings. The molecule has 0 aromatic heterocycles. The number of amides is 2. The number of hydrogen-bond donors (Lipinski definition) is 4. The number of aliphatic carboxylic acids is 1. The highest BCUT2D eigenvalue weighted by molar-refractivity contribution is 5.74. The van der Waals surface area contributed by atoms with Gasteiger partial charge in [0.1, 0.15) is 0 Å². The lowest BCUT2D eigenvalue weighted by atomic mass is 10.0. The molecule has 6 nitrogen and oxygen atoms in total. The largest absolute Gasteiger partial charge is 0.481 e. The third-order valence-electron chi connectivity index (χ3n) is 3.35. The van der Waals surface area contributed by atoms with E-state index in [9.17, 15) is 14.7 Å². The number of carbonyl (C=O) groups is 2. The van der Waals surface area contributed by atoms with Crippen LogP contribution >= 0.6 is 0 Å². The van der Waals surface area contributed by atoms with Gasteiger partial charge in [-0.2, -0.15) is 0 Å². The van der Waals surface area contributed by atoms with Gasteiger partial charge in [0.25, 0.3) is 0 Å². The van der Waals surface area contributed by atoms with Crippen LogP contribution in [0.4, 0.5) is 4.79 Å². The minimum atomic E-state index is -1.42. The van der Waals surface area contributed by atoms with Crippen LogP contribution in [-0.4, -0.2) is 40.4 Å². The Kier molecular flexibility index (Phi) is 6.08. The number of aliphatic hydroxyl groups is 1. The predicted octanol–water partition coefficient (Wildman–Crippen LogP) is 1.23. The molecule has 1 fully saturated rings. The average Bonchev–Trinajstić information content (AvgIpc) is 2.53. The van der Waals surface area contributed by atoms with E-state index in [2.05, 4.69) is 10.6 Å². The van der Waals surface area contributed by atoms with Gasteiger partial charge in [0.2, 0.25) is 0 Å². The number of hydrogen-bond acceptors (Lipinski definition) is 3. The molecule has 1 aliphatic carbocycles. The first kappa shape index (κ1) is 15.8. The lowest BCUT2D eigenvalue weighted by molar-refractivity contribution is -0.141. The Labute approximate surface area is 113 Å². The Morgan fingerprint density at radius 2 is 1.79 bits per heavy atom. The van der Waals surface area contributed by atoms with Crippen molar-refractivity contribution in [2.75, 3.05) is 6.54 Å². The van der Waals surface area contributed by atoms with Gasteiger partial charge in [-0.05, 0) is 19.8 Å². The van der Waals surface area contributed by atoms with Crippen molar-refractivity contribution in [3.05, 3.63) is 0 Å². The van der Waals surface area contributed by atoms with E-state index in [1.807, 2.05) is 0 Å². The fraction of sp³-hybridized carbons (Fsp3) is 0.846. The first-order valence-corrected chi connectivity index (χ1v) is 6.87. The molecule has 110 valence electrons. The average molecular weight is 272 g/mol. The predicted molar refractivity (Wildman–Crippen MR) is 70.9 cm³/mol. The van der Waals surface area contributed by atoms with Crippen molar-refractivity contribution in [2.24, 2.45) is 0 Å². The van der Waals surface area contributed by atoms with E-state index in [0.29, 0.717) is 0 Å². The van der Waals surface area contributed by atoms with E-state index in [4.69, 9.17) is 5.11 Å². The Hall–Kier alpha value is -1.30. The molecule has 0 spiro atoms. The Bertz CT molecular complexity index is 310. The van der Waals surface area contributed by atoms with Crippen molar-refractivity contribution in [1.82, 2.24) is 10.6 Å². The molecule has 1 unspecified atom stereocenters. The van der Waals surface area contributed by atoms with Crippen LogP contribution in [0.2, 0.25) is 0 Å². The highest BCUT2D eigenvalue weighted by Gasteiger charge is 2.25. The molecule has 0 aromatic carbocycles. The van der Waals surface area contributed by atoms with Crippen LogP contribution in [0.25, 0.3) is 0 Å². The van der Waals surface area contributed by atoms with Gasteiger partial charge in [-0.1, -0.05) is 25.7 Å². The number of urea groups is 1. The molecule has 0 radical (unpaired) electrons. The summed E-state index contributed by atoms with van der Waals surface area (Å²) in [6.07, 6.45) is 6.26. The number of nitrogens with one attached hydrogen (secondary N) is 2. The second-order valence-electron chi connectivity index (χ2n) is 5.58. The normalized spacial score (nSPS) is 20.1. The summed E-state index contributed by atoms with van der Waals surface area (Å²) in [6, 6.07) is -0.149. The lowest BCUT2D eigenvalue weighted by Gasteiger charge is -2.23. The summed E-state index contributed by atoms with van der Waals surface area (Å²) in [4.78, 5) is 22.2. The zero-order valence-electron chi connectivity index (χ0n) is 11.4. The van der Waals surface area contributed by atoms with E-state index in [1.165, 1.54) is 19.8 Å². The summed E-state index contributed by atoms with van der Waals surface area (Å²) in [5, 5.41) is 23.8. The number of rotatable bonds is 5.